The molecule has 1 aliphatic rings. The normalized spacial score (nSPS) is 28.0. The van der Waals surface area contributed by atoms with Crippen molar-refractivity contribution in [2.45, 2.75) is 84.9 Å². The summed E-state index contributed by atoms with van der Waals surface area (Å²) < 4.78 is 5.32. The van der Waals surface area contributed by atoms with E-state index >= 15 is 0 Å². The van der Waals surface area contributed by atoms with Gasteiger partial charge in [-0.2, -0.15) is 0 Å². The van der Waals surface area contributed by atoms with Crippen molar-refractivity contribution in [2.24, 2.45) is 11.8 Å². The van der Waals surface area contributed by atoms with E-state index in [4.69, 9.17) is 4.74 Å². The molecule has 0 aromatic rings. The van der Waals surface area contributed by atoms with Crippen LogP contribution < -0.4 is 10.6 Å². The van der Waals surface area contributed by atoms with Gasteiger partial charge < -0.3 is 15.4 Å². The first kappa shape index (κ1) is 18.3. The highest BCUT2D eigenvalue weighted by Crippen LogP contribution is 2.28. The molecular formula is C17H34N2O2. The number of carbonyl (C=O) groups is 1. The SMILES string of the molecule is CCC(CNC1CCC(C)CC1C)NC(=O)OC(C)(C)C. The minimum absolute atomic E-state index is 0.131. The zero-order valence-electron chi connectivity index (χ0n) is 14.7. The molecule has 2 N–H and O–H groups in total. The average Bonchev–Trinajstić information content (AvgIpc) is 2.33. The second-order valence-corrected chi connectivity index (χ2v) is 7.66. The fourth-order valence-corrected chi connectivity index (χ4v) is 3.03. The number of amides is 1. The summed E-state index contributed by atoms with van der Waals surface area (Å²) in [5, 5.41) is 6.60. The van der Waals surface area contributed by atoms with E-state index in [0.717, 1.165) is 18.9 Å². The molecule has 4 unspecified atom stereocenters. The largest absolute Gasteiger partial charge is 0.444 e. The standard InChI is InChI=1S/C17H34N2O2/c1-7-14(19-16(20)21-17(4,5)6)11-18-15-9-8-12(2)10-13(15)3/h12-15,18H,7-11H2,1-6H3,(H,19,20). The van der Waals surface area contributed by atoms with Gasteiger partial charge in [0.05, 0.1) is 0 Å². The predicted octanol–water partition coefficient (Wildman–Crippen LogP) is 3.70. The number of nitrogens with one attached hydrogen (secondary N) is 2. The van der Waals surface area contributed by atoms with Crippen LogP contribution in [-0.4, -0.2) is 30.3 Å². The summed E-state index contributed by atoms with van der Waals surface area (Å²) in [5.74, 6) is 1.56. The molecule has 1 saturated carbocycles. The lowest BCUT2D eigenvalue weighted by atomic mass is 9.80. The second kappa shape index (κ2) is 8.02. The Morgan fingerprint density at radius 3 is 2.48 bits per heavy atom. The van der Waals surface area contributed by atoms with E-state index in [-0.39, 0.29) is 12.1 Å². The zero-order chi connectivity index (χ0) is 16.0. The minimum atomic E-state index is -0.441. The summed E-state index contributed by atoms with van der Waals surface area (Å²) in [5.41, 5.74) is -0.441. The van der Waals surface area contributed by atoms with Crippen LogP contribution in [0.3, 0.4) is 0 Å². The third-order valence-electron chi connectivity index (χ3n) is 4.27. The van der Waals surface area contributed by atoms with Gasteiger partial charge in [0.15, 0.2) is 0 Å². The van der Waals surface area contributed by atoms with Gasteiger partial charge in [0.1, 0.15) is 5.60 Å². The molecule has 4 atom stereocenters. The van der Waals surface area contributed by atoms with E-state index in [1.165, 1.54) is 19.3 Å². The average molecular weight is 298 g/mol. The van der Waals surface area contributed by atoms with Gasteiger partial charge in [-0.1, -0.05) is 20.8 Å². The van der Waals surface area contributed by atoms with Gasteiger partial charge in [-0.05, 0) is 58.3 Å². The molecular weight excluding hydrogens is 264 g/mol. The number of ether oxygens (including phenoxy) is 1. The maximum Gasteiger partial charge on any atom is 0.407 e. The highest BCUT2D eigenvalue weighted by molar-refractivity contribution is 5.68. The summed E-state index contributed by atoms with van der Waals surface area (Å²) in [4.78, 5) is 11.8. The Bertz CT molecular complexity index is 325. The summed E-state index contributed by atoms with van der Waals surface area (Å²) in [6.45, 7) is 13.2. The van der Waals surface area contributed by atoms with Crippen LogP contribution in [0.1, 0.15) is 67.2 Å². The Morgan fingerprint density at radius 1 is 1.29 bits per heavy atom. The molecule has 0 saturated heterocycles. The lowest BCUT2D eigenvalue weighted by molar-refractivity contribution is 0.0500. The van der Waals surface area contributed by atoms with Gasteiger partial charge in [-0.3, -0.25) is 0 Å². The lowest BCUT2D eigenvalue weighted by Gasteiger charge is -2.34. The maximum absolute atomic E-state index is 11.8. The smallest absolute Gasteiger partial charge is 0.407 e. The van der Waals surface area contributed by atoms with Crippen LogP contribution in [0.5, 0.6) is 0 Å². The van der Waals surface area contributed by atoms with Crippen LogP contribution in [0.2, 0.25) is 0 Å². The first-order chi connectivity index (χ1) is 9.71. The summed E-state index contributed by atoms with van der Waals surface area (Å²) >= 11 is 0. The first-order valence-corrected chi connectivity index (χ1v) is 8.44. The number of hydrogen-bond acceptors (Lipinski definition) is 3. The van der Waals surface area contributed by atoms with E-state index in [1.54, 1.807) is 0 Å². The molecule has 0 aromatic carbocycles. The Kier molecular flexibility index (Phi) is 6.98. The number of hydrogen-bond donors (Lipinski definition) is 2. The molecule has 4 nitrogen and oxygen atoms in total. The number of carbonyl (C=O) groups excluding carboxylic acids is 1. The zero-order valence-corrected chi connectivity index (χ0v) is 14.7. The number of alkyl carbamates (subject to hydrolysis) is 1. The van der Waals surface area contributed by atoms with Crippen LogP contribution in [0, 0.1) is 11.8 Å². The predicted molar refractivity (Wildman–Crippen MR) is 87.4 cm³/mol. The van der Waals surface area contributed by atoms with Crippen LogP contribution >= 0.6 is 0 Å². The molecule has 1 aliphatic carbocycles. The molecule has 124 valence electrons. The van der Waals surface area contributed by atoms with Gasteiger partial charge >= 0.3 is 6.09 Å². The van der Waals surface area contributed by atoms with Crippen molar-refractivity contribution in [1.82, 2.24) is 10.6 Å². The minimum Gasteiger partial charge on any atom is -0.444 e. The molecule has 21 heavy (non-hydrogen) atoms. The van der Waals surface area contributed by atoms with E-state index in [2.05, 4.69) is 31.4 Å². The fourth-order valence-electron chi connectivity index (χ4n) is 3.03. The Balaban J connectivity index is 2.35. The first-order valence-electron chi connectivity index (χ1n) is 8.44. The summed E-state index contributed by atoms with van der Waals surface area (Å²) in [6, 6.07) is 0.710. The molecule has 1 amide bonds. The van der Waals surface area contributed by atoms with Crippen molar-refractivity contribution >= 4 is 6.09 Å². The van der Waals surface area contributed by atoms with Gasteiger partial charge in [0.2, 0.25) is 0 Å². The van der Waals surface area contributed by atoms with Crippen molar-refractivity contribution in [3.8, 4) is 0 Å². The molecule has 0 spiro atoms. The van der Waals surface area contributed by atoms with Crippen LogP contribution in [0.25, 0.3) is 0 Å². The quantitative estimate of drug-likeness (QED) is 0.813. The monoisotopic (exact) mass is 298 g/mol. The van der Waals surface area contributed by atoms with E-state index in [1.807, 2.05) is 20.8 Å². The molecule has 0 aliphatic heterocycles. The van der Waals surface area contributed by atoms with E-state index in [0.29, 0.717) is 12.0 Å². The molecule has 1 rings (SSSR count). The molecule has 0 radical (unpaired) electrons. The molecule has 0 aromatic heterocycles. The Morgan fingerprint density at radius 2 is 1.95 bits per heavy atom. The summed E-state index contributed by atoms with van der Waals surface area (Å²) in [6.07, 6.45) is 4.43. The topological polar surface area (TPSA) is 50.4 Å². The van der Waals surface area contributed by atoms with Crippen LogP contribution in [-0.2, 0) is 4.74 Å². The molecule has 0 bridgehead atoms. The third kappa shape index (κ3) is 7.16. The van der Waals surface area contributed by atoms with Gasteiger partial charge in [0, 0.05) is 18.6 Å². The highest BCUT2D eigenvalue weighted by atomic mass is 16.6. The third-order valence-corrected chi connectivity index (χ3v) is 4.27. The van der Waals surface area contributed by atoms with Crippen molar-refractivity contribution in [1.29, 1.82) is 0 Å². The second-order valence-electron chi connectivity index (χ2n) is 7.66. The maximum atomic E-state index is 11.8. The molecule has 1 fully saturated rings. The molecule has 4 heteroatoms. The summed E-state index contributed by atoms with van der Waals surface area (Å²) in [7, 11) is 0. The van der Waals surface area contributed by atoms with Gasteiger partial charge in [-0.15, -0.1) is 0 Å². The Labute approximate surface area is 130 Å². The van der Waals surface area contributed by atoms with E-state index < -0.39 is 5.60 Å². The van der Waals surface area contributed by atoms with Crippen molar-refractivity contribution in [3.63, 3.8) is 0 Å². The van der Waals surface area contributed by atoms with Crippen molar-refractivity contribution < 1.29 is 9.53 Å². The van der Waals surface area contributed by atoms with Crippen molar-refractivity contribution in [3.05, 3.63) is 0 Å². The fraction of sp³-hybridized carbons (Fsp3) is 0.941. The van der Waals surface area contributed by atoms with Gasteiger partial charge in [-0.25, -0.2) is 4.79 Å². The van der Waals surface area contributed by atoms with Crippen molar-refractivity contribution in [2.75, 3.05) is 6.54 Å². The number of rotatable bonds is 5. The van der Waals surface area contributed by atoms with Crippen LogP contribution in [0.4, 0.5) is 4.79 Å². The van der Waals surface area contributed by atoms with Crippen LogP contribution in [0.15, 0.2) is 0 Å². The highest BCUT2D eigenvalue weighted by Gasteiger charge is 2.26. The lowest BCUT2D eigenvalue weighted by Crippen LogP contribution is -2.48. The molecule has 0 heterocycles. The Hall–Kier alpha value is -0.770. The van der Waals surface area contributed by atoms with E-state index in [9.17, 15) is 4.79 Å². The van der Waals surface area contributed by atoms with Gasteiger partial charge in [0.25, 0.3) is 0 Å².